The SMILES string of the molecule is CC(C)n1c(Br)cc2c1C(c1ccc(Cl)cn1)N(c1ccc(F)c(Cl)c1)C2=O. The molecule has 28 heavy (non-hydrogen) atoms. The number of halogens is 4. The summed E-state index contributed by atoms with van der Waals surface area (Å²) in [7, 11) is 0. The van der Waals surface area contributed by atoms with Gasteiger partial charge in [-0.15, -0.1) is 0 Å². The van der Waals surface area contributed by atoms with Crippen LogP contribution in [0.1, 0.15) is 47.7 Å². The Bertz CT molecular complexity index is 1080. The largest absolute Gasteiger partial charge is 0.334 e. The second-order valence-corrected chi connectivity index (χ2v) is 8.46. The van der Waals surface area contributed by atoms with Gasteiger partial charge in [0.2, 0.25) is 0 Å². The van der Waals surface area contributed by atoms with Crippen molar-refractivity contribution in [2.45, 2.75) is 25.9 Å². The Labute approximate surface area is 180 Å². The van der Waals surface area contributed by atoms with E-state index in [2.05, 4.69) is 25.5 Å². The molecule has 3 aromatic rings. The summed E-state index contributed by atoms with van der Waals surface area (Å²) in [4.78, 5) is 19.4. The van der Waals surface area contributed by atoms with Crippen LogP contribution in [0.4, 0.5) is 10.1 Å². The quantitative estimate of drug-likeness (QED) is 0.431. The van der Waals surface area contributed by atoms with E-state index in [0.717, 1.165) is 10.3 Å². The van der Waals surface area contributed by atoms with E-state index in [1.807, 2.05) is 19.9 Å². The molecule has 0 N–H and O–H groups in total. The number of hydrogen-bond acceptors (Lipinski definition) is 2. The van der Waals surface area contributed by atoms with Crippen molar-refractivity contribution in [1.82, 2.24) is 9.55 Å². The lowest BCUT2D eigenvalue weighted by Gasteiger charge is -2.28. The summed E-state index contributed by atoms with van der Waals surface area (Å²) in [6.07, 6.45) is 1.55. The van der Waals surface area contributed by atoms with Crippen LogP contribution in [-0.4, -0.2) is 15.5 Å². The van der Waals surface area contributed by atoms with Crippen LogP contribution in [0.25, 0.3) is 0 Å². The molecule has 0 fully saturated rings. The van der Waals surface area contributed by atoms with Gasteiger partial charge in [-0.25, -0.2) is 4.39 Å². The summed E-state index contributed by atoms with van der Waals surface area (Å²) in [5, 5.41) is 0.461. The van der Waals surface area contributed by atoms with E-state index in [1.165, 1.54) is 12.1 Å². The molecule has 1 aliphatic heterocycles. The van der Waals surface area contributed by atoms with E-state index in [1.54, 1.807) is 29.3 Å². The molecule has 0 bridgehead atoms. The highest BCUT2D eigenvalue weighted by molar-refractivity contribution is 9.10. The van der Waals surface area contributed by atoms with Crippen molar-refractivity contribution in [3.05, 3.63) is 80.0 Å². The average molecular weight is 483 g/mol. The maximum absolute atomic E-state index is 13.7. The first-order chi connectivity index (χ1) is 13.3. The van der Waals surface area contributed by atoms with Gasteiger partial charge in [0.1, 0.15) is 11.9 Å². The highest BCUT2D eigenvalue weighted by Gasteiger charge is 2.43. The average Bonchev–Trinajstić information content (AvgIpc) is 3.12. The van der Waals surface area contributed by atoms with Gasteiger partial charge in [-0.3, -0.25) is 14.7 Å². The maximum atomic E-state index is 13.7. The normalized spacial score (nSPS) is 16.2. The molecule has 0 saturated heterocycles. The molecule has 3 heterocycles. The molecule has 1 atom stereocenters. The summed E-state index contributed by atoms with van der Waals surface area (Å²) < 4.78 is 16.6. The Balaban J connectivity index is 1.96. The topological polar surface area (TPSA) is 38.1 Å². The predicted octanol–water partition coefficient (Wildman–Crippen LogP) is 6.42. The molecule has 144 valence electrons. The minimum absolute atomic E-state index is 0.0439. The molecule has 1 aliphatic rings. The van der Waals surface area contributed by atoms with Gasteiger partial charge in [0.15, 0.2) is 0 Å². The lowest BCUT2D eigenvalue weighted by Crippen LogP contribution is -2.30. The van der Waals surface area contributed by atoms with Crippen molar-refractivity contribution in [3.63, 3.8) is 0 Å². The molecule has 1 unspecified atom stereocenters. The van der Waals surface area contributed by atoms with Gasteiger partial charge >= 0.3 is 0 Å². The van der Waals surface area contributed by atoms with E-state index >= 15 is 0 Å². The number of fused-ring (bicyclic) bond motifs is 1. The van der Waals surface area contributed by atoms with Crippen LogP contribution in [0.2, 0.25) is 10.0 Å². The van der Waals surface area contributed by atoms with Gasteiger partial charge in [-0.1, -0.05) is 23.2 Å². The minimum atomic E-state index is -0.537. The van der Waals surface area contributed by atoms with Gasteiger partial charge < -0.3 is 4.57 Å². The number of benzene rings is 1. The van der Waals surface area contributed by atoms with Crippen LogP contribution < -0.4 is 4.90 Å². The highest BCUT2D eigenvalue weighted by Crippen LogP contribution is 2.45. The van der Waals surface area contributed by atoms with E-state index in [0.29, 0.717) is 22.0 Å². The maximum Gasteiger partial charge on any atom is 0.261 e. The fourth-order valence-corrected chi connectivity index (χ4v) is 4.69. The van der Waals surface area contributed by atoms with Crippen LogP contribution in [0.3, 0.4) is 0 Å². The number of pyridine rings is 1. The Hall–Kier alpha value is -1.89. The summed E-state index contributed by atoms with van der Waals surface area (Å²) in [6, 6.07) is 9.21. The summed E-state index contributed by atoms with van der Waals surface area (Å²) in [6.45, 7) is 4.08. The number of rotatable bonds is 3. The molecular weight excluding hydrogens is 468 g/mol. The zero-order chi connectivity index (χ0) is 20.2. The van der Waals surface area contributed by atoms with Gasteiger partial charge in [0.25, 0.3) is 5.91 Å². The Morgan fingerprint density at radius 2 is 1.93 bits per heavy atom. The minimum Gasteiger partial charge on any atom is -0.334 e. The van der Waals surface area contributed by atoms with Gasteiger partial charge in [-0.05, 0) is 66.2 Å². The van der Waals surface area contributed by atoms with Crippen LogP contribution in [0.15, 0.2) is 47.2 Å². The summed E-state index contributed by atoms with van der Waals surface area (Å²) in [5.41, 5.74) is 2.55. The molecule has 8 heteroatoms. The number of anilines is 1. The van der Waals surface area contributed by atoms with E-state index in [4.69, 9.17) is 23.2 Å². The Kier molecular flexibility index (Phi) is 4.98. The van der Waals surface area contributed by atoms with Crippen LogP contribution in [0, 0.1) is 5.82 Å². The molecule has 1 aromatic carbocycles. The number of nitrogens with zero attached hydrogens (tertiary/aromatic N) is 3. The molecule has 0 aliphatic carbocycles. The molecule has 0 spiro atoms. The van der Waals surface area contributed by atoms with Crippen LogP contribution in [-0.2, 0) is 0 Å². The van der Waals surface area contributed by atoms with E-state index < -0.39 is 11.9 Å². The van der Waals surface area contributed by atoms with Crippen molar-refractivity contribution in [2.24, 2.45) is 0 Å². The Morgan fingerprint density at radius 3 is 2.54 bits per heavy atom. The first-order valence-corrected chi connectivity index (χ1v) is 10.1. The molecule has 2 aromatic heterocycles. The molecule has 0 saturated carbocycles. The fraction of sp³-hybridized carbons (Fsp3) is 0.200. The van der Waals surface area contributed by atoms with Crippen molar-refractivity contribution < 1.29 is 9.18 Å². The molecule has 1 amide bonds. The number of carbonyl (C=O) groups is 1. The van der Waals surface area contributed by atoms with Gasteiger partial charge in [0.05, 0.1) is 31.6 Å². The van der Waals surface area contributed by atoms with E-state index in [-0.39, 0.29) is 17.0 Å². The van der Waals surface area contributed by atoms with Crippen LogP contribution >= 0.6 is 39.1 Å². The molecular formula is C20H15BrCl2FN3O. The summed E-state index contributed by atoms with van der Waals surface area (Å²) >= 11 is 15.6. The second-order valence-electron chi connectivity index (χ2n) is 6.81. The lowest BCUT2D eigenvalue weighted by atomic mass is 10.1. The van der Waals surface area contributed by atoms with E-state index in [9.17, 15) is 9.18 Å². The monoisotopic (exact) mass is 481 g/mol. The zero-order valence-corrected chi connectivity index (χ0v) is 18.1. The fourth-order valence-electron chi connectivity index (χ4n) is 3.57. The Morgan fingerprint density at radius 1 is 1.18 bits per heavy atom. The van der Waals surface area contributed by atoms with Crippen molar-refractivity contribution in [1.29, 1.82) is 0 Å². The standard InChI is InChI=1S/C20H15BrCl2FN3O/c1-10(2)26-17(21)8-13-18(26)19(16-6-3-11(22)9-25-16)27(20(13)28)12-4-5-15(24)14(23)7-12/h3-10,19H,1-2H3. The number of hydrogen-bond donors (Lipinski definition) is 0. The highest BCUT2D eigenvalue weighted by atomic mass is 79.9. The van der Waals surface area contributed by atoms with Crippen molar-refractivity contribution >= 4 is 50.7 Å². The number of aromatic nitrogens is 2. The smallest absolute Gasteiger partial charge is 0.261 e. The van der Waals surface area contributed by atoms with Crippen LogP contribution in [0.5, 0.6) is 0 Å². The molecule has 4 nitrogen and oxygen atoms in total. The number of carbonyl (C=O) groups excluding carboxylic acids is 1. The lowest BCUT2D eigenvalue weighted by molar-refractivity contribution is 0.0993. The van der Waals surface area contributed by atoms with Crippen molar-refractivity contribution in [2.75, 3.05) is 4.90 Å². The molecule has 0 radical (unpaired) electrons. The molecule has 4 rings (SSSR count). The number of amides is 1. The third kappa shape index (κ3) is 3.04. The van der Waals surface area contributed by atoms with Gasteiger partial charge in [0, 0.05) is 17.9 Å². The first-order valence-electron chi connectivity index (χ1n) is 8.60. The predicted molar refractivity (Wildman–Crippen MR) is 112 cm³/mol. The summed E-state index contributed by atoms with van der Waals surface area (Å²) in [5.74, 6) is -0.732. The zero-order valence-electron chi connectivity index (χ0n) is 15.0. The third-order valence-electron chi connectivity index (χ3n) is 4.72. The first kappa shape index (κ1) is 19.4. The van der Waals surface area contributed by atoms with Crippen molar-refractivity contribution in [3.8, 4) is 0 Å². The van der Waals surface area contributed by atoms with Gasteiger partial charge in [-0.2, -0.15) is 0 Å². The second kappa shape index (κ2) is 7.17. The third-order valence-corrected chi connectivity index (χ3v) is 5.85.